The Labute approximate surface area is 167 Å². The third-order valence-corrected chi connectivity index (χ3v) is 5.77. The van der Waals surface area contributed by atoms with Gasteiger partial charge in [0.1, 0.15) is 17.1 Å². The van der Waals surface area contributed by atoms with Crippen LogP contribution in [0, 0.1) is 10.1 Å². The van der Waals surface area contributed by atoms with Crippen LogP contribution in [0.5, 0.6) is 5.75 Å². The summed E-state index contributed by atoms with van der Waals surface area (Å²) in [6, 6.07) is 12.8. The van der Waals surface area contributed by atoms with Crippen molar-refractivity contribution >= 4 is 28.2 Å². The number of nitrogens with zero attached hydrogens (tertiary/aromatic N) is 3. The molecular formula is C19H16N4O5S. The van der Waals surface area contributed by atoms with Crippen LogP contribution in [0.2, 0.25) is 0 Å². The molecule has 1 amide bonds. The quantitative estimate of drug-likeness (QED) is 0.509. The Morgan fingerprint density at radius 1 is 1.21 bits per heavy atom. The van der Waals surface area contributed by atoms with Gasteiger partial charge in [0.2, 0.25) is 0 Å². The highest BCUT2D eigenvalue weighted by Gasteiger charge is 2.29. The van der Waals surface area contributed by atoms with E-state index in [1.54, 1.807) is 42.1 Å². The number of benzene rings is 2. The summed E-state index contributed by atoms with van der Waals surface area (Å²) in [7, 11) is 0.466. The minimum atomic E-state index is -1.09. The minimum absolute atomic E-state index is 0.0622. The first-order chi connectivity index (χ1) is 14.0. The molecule has 0 radical (unpaired) electrons. The van der Waals surface area contributed by atoms with Crippen molar-refractivity contribution in [3.63, 3.8) is 0 Å². The Hall–Kier alpha value is -3.53. The second-order valence-corrected chi connectivity index (χ2v) is 7.80. The Kier molecular flexibility index (Phi) is 4.85. The Bertz CT molecular complexity index is 1140. The van der Waals surface area contributed by atoms with Crippen LogP contribution in [0.3, 0.4) is 0 Å². The van der Waals surface area contributed by atoms with E-state index in [1.807, 2.05) is 0 Å². The molecule has 29 heavy (non-hydrogen) atoms. The van der Waals surface area contributed by atoms with Crippen molar-refractivity contribution < 1.29 is 18.7 Å². The normalized spacial score (nSPS) is 15.0. The first kappa shape index (κ1) is 18.8. The Balaban J connectivity index is 1.76. The number of rotatable bonds is 5. The van der Waals surface area contributed by atoms with Crippen molar-refractivity contribution in [2.45, 2.75) is 11.5 Å². The number of hydrogen-bond acceptors (Lipinski definition) is 6. The third kappa shape index (κ3) is 3.49. The van der Waals surface area contributed by atoms with Gasteiger partial charge in [0.05, 0.1) is 34.9 Å². The van der Waals surface area contributed by atoms with E-state index in [4.69, 9.17) is 4.74 Å². The molecule has 0 spiro atoms. The summed E-state index contributed by atoms with van der Waals surface area (Å²) in [6.07, 6.45) is 0. The number of para-hydroxylation sites is 1. The van der Waals surface area contributed by atoms with Crippen LogP contribution >= 0.6 is 0 Å². The van der Waals surface area contributed by atoms with E-state index in [1.165, 1.54) is 18.2 Å². The molecule has 0 saturated heterocycles. The van der Waals surface area contributed by atoms with Crippen LogP contribution in [0.25, 0.3) is 5.69 Å². The largest absolute Gasteiger partial charge is 0.497 e. The standard InChI is InChI=1S/C19H16N4O5S/c1-28-13-8-6-12(7-9-13)22-18(15-10-29(27)11-16(15)21-22)20-19(24)14-4-2-3-5-17(14)23(25)26/h2-9H,10-11H2,1H3,(H,20,24)/t29-/m1/s1. The zero-order valence-corrected chi connectivity index (χ0v) is 16.1. The molecule has 2 aromatic carbocycles. The van der Waals surface area contributed by atoms with Gasteiger partial charge in [-0.2, -0.15) is 5.10 Å². The first-order valence-corrected chi connectivity index (χ1v) is 10.1. The number of fused-ring (bicyclic) bond motifs is 1. The van der Waals surface area contributed by atoms with E-state index < -0.39 is 21.6 Å². The van der Waals surface area contributed by atoms with Gasteiger partial charge in [-0.1, -0.05) is 12.1 Å². The average Bonchev–Trinajstić information content (AvgIpc) is 3.25. The fourth-order valence-corrected chi connectivity index (χ4v) is 4.43. The van der Waals surface area contributed by atoms with Crippen LogP contribution in [0.15, 0.2) is 48.5 Å². The van der Waals surface area contributed by atoms with Crippen molar-refractivity contribution in [2.75, 3.05) is 12.4 Å². The summed E-state index contributed by atoms with van der Waals surface area (Å²) in [5.41, 5.74) is 1.63. The summed E-state index contributed by atoms with van der Waals surface area (Å²) in [5, 5.41) is 18.5. The highest BCUT2D eigenvalue weighted by molar-refractivity contribution is 7.83. The highest BCUT2D eigenvalue weighted by atomic mass is 32.2. The fourth-order valence-electron chi connectivity index (χ4n) is 3.17. The van der Waals surface area contributed by atoms with Gasteiger partial charge in [0.15, 0.2) is 0 Å². The summed E-state index contributed by atoms with van der Waals surface area (Å²) in [5.74, 6) is 0.955. The predicted molar refractivity (Wildman–Crippen MR) is 107 cm³/mol. The SMILES string of the molecule is COc1ccc(-n2nc3c(c2NC(=O)c2ccccc2[N+](=O)[O-])C[S@@](=O)C3)cc1. The van der Waals surface area contributed by atoms with Crippen LogP contribution in [0.4, 0.5) is 11.5 Å². The molecule has 148 valence electrons. The molecule has 4 rings (SSSR count). The van der Waals surface area contributed by atoms with E-state index >= 15 is 0 Å². The molecule has 10 heteroatoms. The number of ether oxygens (including phenoxy) is 1. The molecule has 2 heterocycles. The number of nitro groups is 1. The number of aromatic nitrogens is 2. The van der Waals surface area contributed by atoms with Gasteiger partial charge in [-0.05, 0) is 30.3 Å². The first-order valence-electron chi connectivity index (χ1n) is 8.63. The Morgan fingerprint density at radius 3 is 2.62 bits per heavy atom. The maximum Gasteiger partial charge on any atom is 0.282 e. The molecule has 0 aliphatic carbocycles. The number of carbonyl (C=O) groups is 1. The number of carbonyl (C=O) groups excluding carboxylic acids is 1. The number of methoxy groups -OCH3 is 1. The van der Waals surface area contributed by atoms with Gasteiger partial charge in [0.25, 0.3) is 11.6 Å². The van der Waals surface area contributed by atoms with Crippen LogP contribution in [-0.2, 0) is 22.3 Å². The van der Waals surface area contributed by atoms with Crippen molar-refractivity contribution in [1.82, 2.24) is 9.78 Å². The number of anilines is 1. The zero-order valence-electron chi connectivity index (χ0n) is 15.3. The van der Waals surface area contributed by atoms with Crippen molar-refractivity contribution in [3.8, 4) is 11.4 Å². The predicted octanol–water partition coefficient (Wildman–Crippen LogP) is 2.80. The third-order valence-electron chi connectivity index (χ3n) is 4.56. The second-order valence-electron chi connectivity index (χ2n) is 6.34. The molecule has 0 fully saturated rings. The summed E-state index contributed by atoms with van der Waals surface area (Å²) >= 11 is 0. The topological polar surface area (TPSA) is 116 Å². The summed E-state index contributed by atoms with van der Waals surface area (Å²) < 4.78 is 18.7. The van der Waals surface area contributed by atoms with Gasteiger partial charge >= 0.3 is 0 Å². The van der Waals surface area contributed by atoms with Crippen LogP contribution in [-0.4, -0.2) is 31.9 Å². The molecule has 1 aliphatic rings. The molecule has 3 aromatic rings. The van der Waals surface area contributed by atoms with Crippen molar-refractivity contribution in [3.05, 3.63) is 75.5 Å². The fraction of sp³-hybridized carbons (Fsp3) is 0.158. The maximum absolute atomic E-state index is 12.9. The summed E-state index contributed by atoms with van der Waals surface area (Å²) in [4.78, 5) is 23.5. The molecule has 1 aliphatic heterocycles. The van der Waals surface area contributed by atoms with E-state index in [0.29, 0.717) is 34.3 Å². The smallest absolute Gasteiger partial charge is 0.282 e. The second kappa shape index (κ2) is 7.47. The summed E-state index contributed by atoms with van der Waals surface area (Å²) in [6.45, 7) is 0. The lowest BCUT2D eigenvalue weighted by Gasteiger charge is -2.11. The molecule has 9 nitrogen and oxygen atoms in total. The molecule has 1 aromatic heterocycles. The molecule has 1 N–H and O–H groups in total. The highest BCUT2D eigenvalue weighted by Crippen LogP contribution is 2.32. The lowest BCUT2D eigenvalue weighted by atomic mass is 10.1. The van der Waals surface area contributed by atoms with E-state index in [-0.39, 0.29) is 17.0 Å². The number of nitro benzene ring substituents is 1. The number of nitrogens with one attached hydrogen (secondary N) is 1. The molecule has 0 bridgehead atoms. The van der Waals surface area contributed by atoms with Gasteiger partial charge in [0, 0.05) is 22.4 Å². The zero-order chi connectivity index (χ0) is 20.5. The monoisotopic (exact) mass is 412 g/mol. The van der Waals surface area contributed by atoms with E-state index in [2.05, 4.69) is 10.4 Å². The number of hydrogen-bond donors (Lipinski definition) is 1. The van der Waals surface area contributed by atoms with Crippen molar-refractivity contribution in [1.29, 1.82) is 0 Å². The van der Waals surface area contributed by atoms with Crippen molar-refractivity contribution in [2.24, 2.45) is 0 Å². The van der Waals surface area contributed by atoms with Crippen LogP contribution < -0.4 is 10.1 Å². The van der Waals surface area contributed by atoms with Gasteiger partial charge < -0.3 is 10.1 Å². The minimum Gasteiger partial charge on any atom is -0.497 e. The van der Waals surface area contributed by atoms with Gasteiger partial charge in [-0.15, -0.1) is 0 Å². The Morgan fingerprint density at radius 2 is 1.93 bits per heavy atom. The molecule has 0 unspecified atom stereocenters. The average molecular weight is 412 g/mol. The molecule has 0 saturated carbocycles. The van der Waals surface area contributed by atoms with Crippen LogP contribution in [0.1, 0.15) is 21.6 Å². The molecule has 1 atom stereocenters. The maximum atomic E-state index is 12.9. The lowest BCUT2D eigenvalue weighted by molar-refractivity contribution is -0.385. The van der Waals surface area contributed by atoms with Gasteiger partial charge in [-0.3, -0.25) is 19.1 Å². The van der Waals surface area contributed by atoms with E-state index in [0.717, 1.165) is 0 Å². The van der Waals surface area contributed by atoms with Gasteiger partial charge in [-0.25, -0.2) is 4.68 Å². The number of amides is 1. The van der Waals surface area contributed by atoms with E-state index in [9.17, 15) is 19.1 Å². The lowest BCUT2D eigenvalue weighted by Crippen LogP contribution is -2.17. The molecular weight excluding hydrogens is 396 g/mol.